The second kappa shape index (κ2) is 7.33. The van der Waals surface area contributed by atoms with Crippen molar-refractivity contribution in [2.45, 2.75) is 25.3 Å². The van der Waals surface area contributed by atoms with Crippen molar-refractivity contribution in [1.82, 2.24) is 20.2 Å². The van der Waals surface area contributed by atoms with Crippen LogP contribution in [0, 0.1) is 0 Å². The van der Waals surface area contributed by atoms with E-state index in [-0.39, 0.29) is 0 Å². The summed E-state index contributed by atoms with van der Waals surface area (Å²) in [5.41, 5.74) is 3.43. The maximum atomic E-state index is 4.54. The molecule has 4 rings (SSSR count). The summed E-state index contributed by atoms with van der Waals surface area (Å²) >= 11 is 3.49. The van der Waals surface area contributed by atoms with Crippen LogP contribution in [-0.2, 0) is 6.54 Å². The topological polar surface area (TPSA) is 90.6 Å². The van der Waals surface area contributed by atoms with Crippen LogP contribution in [0.4, 0.5) is 23.3 Å². The molecule has 2 aromatic heterocycles. The van der Waals surface area contributed by atoms with Gasteiger partial charge in [-0.3, -0.25) is 5.10 Å². The predicted octanol–water partition coefficient (Wildman–Crippen LogP) is 4.24. The van der Waals surface area contributed by atoms with Gasteiger partial charge in [-0.15, -0.1) is 0 Å². The van der Waals surface area contributed by atoms with Gasteiger partial charge in [-0.1, -0.05) is 12.1 Å². The average Bonchev–Trinajstić information content (AvgIpc) is 3.42. The Kier molecular flexibility index (Phi) is 4.75. The van der Waals surface area contributed by atoms with Gasteiger partial charge in [0.25, 0.3) is 0 Å². The first kappa shape index (κ1) is 16.8. The number of nitrogens with one attached hydrogen (secondary N) is 4. The minimum absolute atomic E-state index is 0.561. The Labute approximate surface area is 160 Å². The third kappa shape index (κ3) is 3.96. The molecule has 1 aliphatic rings. The molecule has 26 heavy (non-hydrogen) atoms. The first-order valence-electron chi connectivity index (χ1n) is 8.56. The number of nitrogens with zero attached hydrogens (tertiary/aromatic N) is 3. The molecule has 0 atom stereocenters. The molecule has 0 spiro atoms. The first-order valence-corrected chi connectivity index (χ1v) is 9.36. The molecule has 0 unspecified atom stereocenters. The number of benzene rings is 1. The number of halogens is 1. The molecule has 1 aliphatic carbocycles. The summed E-state index contributed by atoms with van der Waals surface area (Å²) in [6.45, 7) is 0.652. The van der Waals surface area contributed by atoms with Gasteiger partial charge in [0, 0.05) is 43.2 Å². The fraction of sp³-hybridized carbons (Fsp3) is 0.278. The predicted molar refractivity (Wildman–Crippen MR) is 107 cm³/mol. The lowest BCUT2D eigenvalue weighted by Gasteiger charge is -2.09. The molecular formula is C18H20BrN7. The van der Waals surface area contributed by atoms with Crippen LogP contribution in [0.5, 0.6) is 0 Å². The van der Waals surface area contributed by atoms with E-state index in [1.807, 2.05) is 25.2 Å². The van der Waals surface area contributed by atoms with Gasteiger partial charge in [0.15, 0.2) is 11.6 Å². The number of H-pyrrole nitrogens is 1. The van der Waals surface area contributed by atoms with Crippen molar-refractivity contribution < 1.29 is 0 Å². The first-order chi connectivity index (χ1) is 12.7. The molecule has 0 aliphatic heterocycles. The third-order valence-electron chi connectivity index (χ3n) is 4.30. The highest BCUT2D eigenvalue weighted by molar-refractivity contribution is 9.10. The van der Waals surface area contributed by atoms with Crippen LogP contribution in [0.15, 0.2) is 41.0 Å². The summed E-state index contributed by atoms with van der Waals surface area (Å²) in [5, 5.41) is 17.0. The molecule has 4 N–H and O–H groups in total. The number of anilines is 4. The molecule has 0 radical (unpaired) electrons. The molecule has 1 saturated carbocycles. The Bertz CT molecular complexity index is 887. The minimum atomic E-state index is 0.561. The van der Waals surface area contributed by atoms with Crippen LogP contribution >= 0.6 is 15.9 Å². The van der Waals surface area contributed by atoms with E-state index in [9.17, 15) is 0 Å². The molecule has 2 heterocycles. The van der Waals surface area contributed by atoms with Gasteiger partial charge in [0.05, 0.1) is 4.47 Å². The summed E-state index contributed by atoms with van der Waals surface area (Å²) in [6, 6.07) is 10.3. The molecule has 134 valence electrons. The molecule has 8 heteroatoms. The van der Waals surface area contributed by atoms with Crippen LogP contribution in [0.3, 0.4) is 0 Å². The maximum Gasteiger partial charge on any atom is 0.224 e. The van der Waals surface area contributed by atoms with Gasteiger partial charge in [-0.05, 0) is 46.5 Å². The Morgan fingerprint density at radius 2 is 2.04 bits per heavy atom. The monoisotopic (exact) mass is 413 g/mol. The van der Waals surface area contributed by atoms with Crippen LogP contribution in [0.2, 0.25) is 0 Å². The van der Waals surface area contributed by atoms with Gasteiger partial charge >= 0.3 is 0 Å². The number of aromatic amines is 1. The summed E-state index contributed by atoms with van der Waals surface area (Å²) in [4.78, 5) is 8.86. The smallest absolute Gasteiger partial charge is 0.224 e. The van der Waals surface area contributed by atoms with Crippen LogP contribution < -0.4 is 16.0 Å². The standard InChI is InChI=1S/C18H20BrN7/c1-20-13-6-2-11(3-7-13)9-21-18-22-10-14(19)17(24-18)23-16-8-15(25-26-16)12-4-5-12/h2-3,6-8,10,12,20H,4-5,9H2,1H3,(H3,21,22,23,24,25,26). The number of hydrogen-bond donors (Lipinski definition) is 4. The summed E-state index contributed by atoms with van der Waals surface area (Å²) in [6.07, 6.45) is 4.21. The molecule has 0 bridgehead atoms. The van der Waals surface area contributed by atoms with Gasteiger partial charge in [-0.2, -0.15) is 10.1 Å². The zero-order valence-corrected chi connectivity index (χ0v) is 16.0. The van der Waals surface area contributed by atoms with Crippen molar-refractivity contribution in [3.63, 3.8) is 0 Å². The third-order valence-corrected chi connectivity index (χ3v) is 4.88. The zero-order chi connectivity index (χ0) is 17.9. The molecule has 3 aromatic rings. The second-order valence-corrected chi connectivity index (χ2v) is 7.15. The Hall–Kier alpha value is -2.61. The number of hydrogen-bond acceptors (Lipinski definition) is 6. The second-order valence-electron chi connectivity index (χ2n) is 6.30. The van der Waals surface area contributed by atoms with Gasteiger partial charge < -0.3 is 16.0 Å². The van der Waals surface area contributed by atoms with Crippen LogP contribution in [0.1, 0.15) is 30.0 Å². The highest BCUT2D eigenvalue weighted by Crippen LogP contribution is 2.39. The van der Waals surface area contributed by atoms with Gasteiger partial charge in [0.2, 0.25) is 5.95 Å². The van der Waals surface area contributed by atoms with E-state index in [4.69, 9.17) is 0 Å². The SMILES string of the molecule is CNc1ccc(CNc2ncc(Br)c(Nc3cc(C4CC4)[nH]n3)n2)cc1. The van der Waals surface area contributed by atoms with Crippen LogP contribution in [0.25, 0.3) is 0 Å². The molecule has 7 nitrogen and oxygen atoms in total. The quantitative estimate of drug-likeness (QED) is 0.463. The molecule has 1 aromatic carbocycles. The largest absolute Gasteiger partial charge is 0.388 e. The highest BCUT2D eigenvalue weighted by Gasteiger charge is 2.25. The van der Waals surface area contributed by atoms with E-state index in [0.29, 0.717) is 24.2 Å². The van der Waals surface area contributed by atoms with Crippen molar-refractivity contribution in [3.8, 4) is 0 Å². The Morgan fingerprint density at radius 1 is 1.23 bits per heavy atom. The Morgan fingerprint density at radius 3 is 2.77 bits per heavy atom. The lowest BCUT2D eigenvalue weighted by atomic mass is 10.2. The fourth-order valence-electron chi connectivity index (χ4n) is 2.64. The average molecular weight is 414 g/mol. The summed E-state index contributed by atoms with van der Waals surface area (Å²) < 4.78 is 0.789. The van der Waals surface area contributed by atoms with Crippen molar-refractivity contribution in [2.75, 3.05) is 23.0 Å². The van der Waals surface area contributed by atoms with Crippen molar-refractivity contribution in [3.05, 3.63) is 52.3 Å². The van der Waals surface area contributed by atoms with E-state index in [1.54, 1.807) is 6.20 Å². The van der Waals surface area contributed by atoms with Crippen molar-refractivity contribution >= 4 is 39.2 Å². The maximum absolute atomic E-state index is 4.54. The molecule has 0 saturated heterocycles. The molecule has 1 fully saturated rings. The van der Waals surface area contributed by atoms with Crippen LogP contribution in [-0.4, -0.2) is 27.2 Å². The van der Waals surface area contributed by atoms with Gasteiger partial charge in [-0.25, -0.2) is 4.98 Å². The number of rotatable bonds is 7. The Balaban J connectivity index is 1.42. The lowest BCUT2D eigenvalue weighted by Crippen LogP contribution is -2.06. The summed E-state index contributed by atoms with van der Waals surface area (Å²) in [7, 11) is 1.91. The van der Waals surface area contributed by atoms with Crippen molar-refractivity contribution in [1.29, 1.82) is 0 Å². The lowest BCUT2D eigenvalue weighted by molar-refractivity contribution is 0.966. The molecule has 0 amide bonds. The highest BCUT2D eigenvalue weighted by atomic mass is 79.9. The zero-order valence-electron chi connectivity index (χ0n) is 14.4. The normalized spacial score (nSPS) is 13.5. The summed E-state index contributed by atoms with van der Waals surface area (Å²) in [5.74, 6) is 2.64. The van der Waals surface area contributed by atoms with Crippen molar-refractivity contribution in [2.24, 2.45) is 0 Å². The minimum Gasteiger partial charge on any atom is -0.388 e. The van der Waals surface area contributed by atoms with E-state index in [0.717, 1.165) is 21.5 Å². The van der Waals surface area contributed by atoms with E-state index >= 15 is 0 Å². The van der Waals surface area contributed by atoms with E-state index < -0.39 is 0 Å². The number of aromatic nitrogens is 4. The van der Waals surface area contributed by atoms with E-state index in [1.165, 1.54) is 18.5 Å². The fourth-order valence-corrected chi connectivity index (χ4v) is 2.93. The van der Waals surface area contributed by atoms with E-state index in [2.05, 4.69) is 64.2 Å². The molecular weight excluding hydrogens is 394 g/mol. The van der Waals surface area contributed by atoms with Gasteiger partial charge in [0.1, 0.15) is 0 Å².